The summed E-state index contributed by atoms with van der Waals surface area (Å²) in [6, 6.07) is 25.1. The Hall–Kier alpha value is -3.40. The molecule has 4 nitrogen and oxygen atoms in total. The lowest BCUT2D eigenvalue weighted by Gasteiger charge is -2.06. The topological polar surface area (TPSA) is 47.5 Å². The lowest BCUT2D eigenvalue weighted by molar-refractivity contribution is -0.384. The van der Waals surface area contributed by atoms with Gasteiger partial charge >= 0.3 is 0 Å². The van der Waals surface area contributed by atoms with Gasteiger partial charge in [0.1, 0.15) is 0 Å². The van der Waals surface area contributed by atoms with Crippen LogP contribution < -0.4 is 0 Å². The minimum Gasteiger partial charge on any atom is -0.316 e. The Bertz CT molecular complexity index is 1020. The van der Waals surface area contributed by atoms with E-state index in [0.717, 1.165) is 27.9 Å². The first kappa shape index (κ1) is 14.2. The highest BCUT2D eigenvalue weighted by atomic mass is 16.6. The molecule has 0 saturated carbocycles. The van der Waals surface area contributed by atoms with Crippen LogP contribution in [0.25, 0.3) is 27.9 Å². The predicted octanol–water partition coefficient (Wildman–Crippen LogP) is 5.18. The summed E-state index contributed by atoms with van der Waals surface area (Å²) < 4.78 is 2.11. The van der Waals surface area contributed by atoms with Gasteiger partial charge in [-0.25, -0.2) is 0 Å². The molecule has 0 amide bonds. The van der Waals surface area contributed by atoms with Gasteiger partial charge in [0.05, 0.1) is 10.6 Å². The number of nitrogens with zero attached hydrogens (tertiary/aromatic N) is 2. The van der Waals surface area contributed by atoms with Crippen molar-refractivity contribution in [3.63, 3.8) is 0 Å². The molecule has 4 aromatic rings. The standard InChI is InChI=1S/C20H14N2O2/c23-22(24)18-11-9-16(10-12-18)20-8-4-7-19-13-17(14-21(19)20)15-5-2-1-3-6-15/h1-14H. The van der Waals surface area contributed by atoms with Crippen molar-refractivity contribution >= 4 is 11.2 Å². The average Bonchev–Trinajstić information content (AvgIpc) is 3.07. The molecule has 116 valence electrons. The van der Waals surface area contributed by atoms with Crippen LogP contribution in [0.1, 0.15) is 0 Å². The van der Waals surface area contributed by atoms with E-state index < -0.39 is 0 Å². The number of aromatic nitrogens is 1. The summed E-state index contributed by atoms with van der Waals surface area (Å²) in [6.07, 6.45) is 2.10. The fourth-order valence-corrected chi connectivity index (χ4v) is 2.91. The van der Waals surface area contributed by atoms with E-state index in [1.807, 2.05) is 30.3 Å². The molecule has 0 N–H and O–H groups in total. The van der Waals surface area contributed by atoms with Crippen LogP contribution in [0.15, 0.2) is 85.1 Å². The number of hydrogen-bond donors (Lipinski definition) is 0. The van der Waals surface area contributed by atoms with Crippen LogP contribution in [0.5, 0.6) is 0 Å². The van der Waals surface area contributed by atoms with E-state index in [2.05, 4.69) is 34.9 Å². The molecule has 0 atom stereocenters. The SMILES string of the molecule is O=[N+]([O-])c1ccc(-c2cccc3cc(-c4ccccc4)cn23)cc1. The molecule has 0 radical (unpaired) electrons. The normalized spacial score (nSPS) is 10.8. The van der Waals surface area contributed by atoms with Crippen molar-refractivity contribution in [2.45, 2.75) is 0 Å². The Labute approximate surface area is 138 Å². The van der Waals surface area contributed by atoms with Crippen molar-refractivity contribution in [3.8, 4) is 22.4 Å². The number of benzene rings is 2. The summed E-state index contributed by atoms with van der Waals surface area (Å²) in [5, 5.41) is 10.8. The Kier molecular flexibility index (Phi) is 3.35. The highest BCUT2D eigenvalue weighted by Gasteiger charge is 2.09. The van der Waals surface area contributed by atoms with Crippen molar-refractivity contribution in [1.82, 2.24) is 4.40 Å². The van der Waals surface area contributed by atoms with Gasteiger partial charge in [0, 0.05) is 29.4 Å². The van der Waals surface area contributed by atoms with Crippen LogP contribution in [0.2, 0.25) is 0 Å². The zero-order valence-corrected chi connectivity index (χ0v) is 12.8. The first-order valence-corrected chi connectivity index (χ1v) is 7.64. The molecule has 24 heavy (non-hydrogen) atoms. The third kappa shape index (κ3) is 2.44. The Balaban J connectivity index is 1.84. The minimum atomic E-state index is -0.381. The monoisotopic (exact) mass is 314 g/mol. The summed E-state index contributed by atoms with van der Waals surface area (Å²) >= 11 is 0. The van der Waals surface area contributed by atoms with Gasteiger partial charge in [0.25, 0.3) is 5.69 Å². The van der Waals surface area contributed by atoms with Crippen LogP contribution in [-0.4, -0.2) is 9.32 Å². The Morgan fingerprint density at radius 1 is 0.750 bits per heavy atom. The lowest BCUT2D eigenvalue weighted by atomic mass is 10.1. The van der Waals surface area contributed by atoms with Gasteiger partial charge in [0.15, 0.2) is 0 Å². The number of pyridine rings is 1. The van der Waals surface area contributed by atoms with Gasteiger partial charge in [-0.1, -0.05) is 36.4 Å². The van der Waals surface area contributed by atoms with E-state index in [-0.39, 0.29) is 10.6 Å². The van der Waals surface area contributed by atoms with Crippen molar-refractivity contribution in [2.24, 2.45) is 0 Å². The van der Waals surface area contributed by atoms with Crippen LogP contribution in [0.3, 0.4) is 0 Å². The second-order valence-corrected chi connectivity index (χ2v) is 5.60. The van der Waals surface area contributed by atoms with E-state index in [1.165, 1.54) is 12.1 Å². The number of nitro benzene ring substituents is 1. The maximum absolute atomic E-state index is 10.8. The molecule has 0 spiro atoms. The Morgan fingerprint density at radius 3 is 2.21 bits per heavy atom. The number of nitro groups is 1. The Morgan fingerprint density at radius 2 is 1.50 bits per heavy atom. The molecule has 0 aliphatic carbocycles. The summed E-state index contributed by atoms with van der Waals surface area (Å²) in [5.41, 5.74) is 5.44. The molecule has 4 heteroatoms. The van der Waals surface area contributed by atoms with Crippen LogP contribution in [-0.2, 0) is 0 Å². The molecule has 4 rings (SSSR count). The first-order valence-electron chi connectivity index (χ1n) is 7.64. The first-order chi connectivity index (χ1) is 11.7. The average molecular weight is 314 g/mol. The smallest absolute Gasteiger partial charge is 0.269 e. The van der Waals surface area contributed by atoms with Gasteiger partial charge in [-0.15, -0.1) is 0 Å². The van der Waals surface area contributed by atoms with E-state index in [0.29, 0.717) is 0 Å². The molecule has 0 fully saturated rings. The predicted molar refractivity (Wildman–Crippen MR) is 94.9 cm³/mol. The van der Waals surface area contributed by atoms with Crippen molar-refractivity contribution in [3.05, 3.63) is 95.2 Å². The largest absolute Gasteiger partial charge is 0.316 e. The molecule has 2 heterocycles. The molecular formula is C20H14N2O2. The molecular weight excluding hydrogens is 300 g/mol. The molecule has 2 aromatic carbocycles. The van der Waals surface area contributed by atoms with E-state index in [1.54, 1.807) is 12.1 Å². The fraction of sp³-hybridized carbons (Fsp3) is 0. The van der Waals surface area contributed by atoms with Gasteiger partial charge in [-0.05, 0) is 41.5 Å². The minimum absolute atomic E-state index is 0.100. The summed E-state index contributed by atoms with van der Waals surface area (Å²) in [4.78, 5) is 10.4. The lowest BCUT2D eigenvalue weighted by Crippen LogP contribution is -1.91. The fourth-order valence-electron chi connectivity index (χ4n) is 2.91. The summed E-state index contributed by atoms with van der Waals surface area (Å²) in [7, 11) is 0. The van der Waals surface area contributed by atoms with E-state index in [9.17, 15) is 10.1 Å². The van der Waals surface area contributed by atoms with Crippen LogP contribution >= 0.6 is 0 Å². The highest BCUT2D eigenvalue weighted by Crippen LogP contribution is 2.28. The van der Waals surface area contributed by atoms with Crippen molar-refractivity contribution in [1.29, 1.82) is 0 Å². The third-order valence-corrected chi connectivity index (χ3v) is 4.11. The van der Waals surface area contributed by atoms with E-state index >= 15 is 0 Å². The molecule has 0 unspecified atom stereocenters. The molecule has 2 aromatic heterocycles. The zero-order valence-electron chi connectivity index (χ0n) is 12.8. The maximum Gasteiger partial charge on any atom is 0.269 e. The van der Waals surface area contributed by atoms with E-state index in [4.69, 9.17) is 0 Å². The molecule has 0 bridgehead atoms. The zero-order chi connectivity index (χ0) is 16.5. The quantitative estimate of drug-likeness (QED) is 0.386. The second kappa shape index (κ2) is 5.66. The van der Waals surface area contributed by atoms with Crippen molar-refractivity contribution in [2.75, 3.05) is 0 Å². The van der Waals surface area contributed by atoms with Crippen molar-refractivity contribution < 1.29 is 4.92 Å². The number of rotatable bonds is 3. The van der Waals surface area contributed by atoms with Gasteiger partial charge in [0.2, 0.25) is 0 Å². The third-order valence-electron chi connectivity index (χ3n) is 4.11. The number of fused-ring (bicyclic) bond motifs is 1. The number of non-ortho nitro benzene ring substituents is 1. The van der Waals surface area contributed by atoms with Gasteiger partial charge in [-0.3, -0.25) is 10.1 Å². The molecule has 0 aliphatic heterocycles. The highest BCUT2D eigenvalue weighted by molar-refractivity contribution is 5.74. The van der Waals surface area contributed by atoms with Gasteiger partial charge < -0.3 is 4.40 Å². The van der Waals surface area contributed by atoms with Gasteiger partial charge in [-0.2, -0.15) is 0 Å². The second-order valence-electron chi connectivity index (χ2n) is 5.60. The summed E-state index contributed by atoms with van der Waals surface area (Å²) in [6.45, 7) is 0. The van der Waals surface area contributed by atoms with Crippen LogP contribution in [0, 0.1) is 10.1 Å². The maximum atomic E-state index is 10.8. The molecule has 0 saturated heterocycles. The molecule has 0 aliphatic rings. The number of hydrogen-bond acceptors (Lipinski definition) is 2. The van der Waals surface area contributed by atoms with Crippen LogP contribution in [0.4, 0.5) is 5.69 Å². The summed E-state index contributed by atoms with van der Waals surface area (Å²) in [5.74, 6) is 0.